The lowest BCUT2D eigenvalue weighted by Gasteiger charge is -2.36. The first-order valence-corrected chi connectivity index (χ1v) is 7.51. The number of carbonyl (C=O) groups is 1. The number of hydrogen-bond acceptors (Lipinski definition) is 3. The molecule has 112 valence electrons. The number of aryl methyl sites for hydroxylation is 1. The Morgan fingerprint density at radius 3 is 3.00 bits per heavy atom. The van der Waals surface area contributed by atoms with Gasteiger partial charge >= 0.3 is 6.03 Å². The van der Waals surface area contributed by atoms with Crippen molar-refractivity contribution in [2.45, 2.75) is 59.0 Å². The lowest BCUT2D eigenvalue weighted by atomic mass is 9.94. The standard InChI is InChI=1S/C15H25N3O2/c1-11(2)8-13-6-4-5-7-18(13)15(19)16-9-14-12(3)20-10-17-14/h10-11,13H,4-9H2,1-3H3,(H,16,19). The molecule has 2 heterocycles. The highest BCUT2D eigenvalue weighted by molar-refractivity contribution is 5.74. The summed E-state index contributed by atoms with van der Waals surface area (Å²) < 4.78 is 5.14. The molecule has 0 saturated carbocycles. The molecule has 20 heavy (non-hydrogen) atoms. The van der Waals surface area contributed by atoms with Crippen molar-refractivity contribution in [2.24, 2.45) is 5.92 Å². The Morgan fingerprint density at radius 2 is 2.35 bits per heavy atom. The Hall–Kier alpha value is -1.52. The molecule has 1 aromatic rings. The molecule has 1 aliphatic heterocycles. The van der Waals surface area contributed by atoms with Crippen molar-refractivity contribution >= 4 is 6.03 Å². The molecule has 2 rings (SSSR count). The van der Waals surface area contributed by atoms with Gasteiger partial charge in [-0.15, -0.1) is 0 Å². The summed E-state index contributed by atoms with van der Waals surface area (Å²) in [4.78, 5) is 18.5. The van der Waals surface area contributed by atoms with Crippen molar-refractivity contribution in [3.8, 4) is 0 Å². The van der Waals surface area contributed by atoms with Gasteiger partial charge in [-0.3, -0.25) is 0 Å². The third kappa shape index (κ3) is 3.74. The van der Waals surface area contributed by atoms with Crippen LogP contribution in [0.25, 0.3) is 0 Å². The zero-order valence-corrected chi connectivity index (χ0v) is 12.7. The van der Waals surface area contributed by atoms with Gasteiger partial charge in [-0.25, -0.2) is 9.78 Å². The zero-order chi connectivity index (χ0) is 14.5. The maximum atomic E-state index is 12.4. The Balaban J connectivity index is 1.90. The molecule has 1 fully saturated rings. The molecule has 5 heteroatoms. The van der Waals surface area contributed by atoms with E-state index in [0.29, 0.717) is 18.5 Å². The Bertz CT molecular complexity index is 442. The number of oxazole rings is 1. The highest BCUT2D eigenvalue weighted by Gasteiger charge is 2.27. The average molecular weight is 279 g/mol. The summed E-state index contributed by atoms with van der Waals surface area (Å²) in [5.41, 5.74) is 0.802. The van der Waals surface area contributed by atoms with E-state index < -0.39 is 0 Å². The SMILES string of the molecule is Cc1ocnc1CNC(=O)N1CCCCC1CC(C)C. The molecular weight excluding hydrogens is 254 g/mol. The second kappa shape index (κ2) is 6.77. The Labute approximate surface area is 120 Å². The van der Waals surface area contributed by atoms with Gasteiger partial charge in [-0.05, 0) is 38.5 Å². The summed E-state index contributed by atoms with van der Waals surface area (Å²) in [5, 5.41) is 2.96. The van der Waals surface area contributed by atoms with Crippen molar-refractivity contribution in [2.75, 3.05) is 6.54 Å². The molecule has 1 N–H and O–H groups in total. The van der Waals surface area contributed by atoms with Crippen molar-refractivity contribution in [3.05, 3.63) is 17.8 Å². The minimum Gasteiger partial charge on any atom is -0.448 e. The normalized spacial score (nSPS) is 19.4. The van der Waals surface area contributed by atoms with Crippen LogP contribution in [0.4, 0.5) is 4.79 Å². The number of urea groups is 1. The lowest BCUT2D eigenvalue weighted by Crippen LogP contribution is -2.48. The topological polar surface area (TPSA) is 58.4 Å². The van der Waals surface area contributed by atoms with E-state index >= 15 is 0 Å². The van der Waals surface area contributed by atoms with Gasteiger partial charge in [-0.2, -0.15) is 0 Å². The zero-order valence-electron chi connectivity index (χ0n) is 12.7. The molecule has 0 aliphatic carbocycles. The second-order valence-corrected chi connectivity index (χ2v) is 5.99. The molecule has 1 atom stereocenters. The van der Waals surface area contributed by atoms with E-state index in [4.69, 9.17) is 4.42 Å². The van der Waals surface area contributed by atoms with Crippen molar-refractivity contribution < 1.29 is 9.21 Å². The summed E-state index contributed by atoms with van der Waals surface area (Å²) in [5.74, 6) is 1.38. The Morgan fingerprint density at radius 1 is 1.55 bits per heavy atom. The van der Waals surface area contributed by atoms with E-state index in [0.717, 1.165) is 37.3 Å². The maximum Gasteiger partial charge on any atom is 0.317 e. The van der Waals surface area contributed by atoms with E-state index in [-0.39, 0.29) is 6.03 Å². The van der Waals surface area contributed by atoms with Gasteiger partial charge in [0.05, 0.1) is 6.54 Å². The van der Waals surface area contributed by atoms with Crippen molar-refractivity contribution in [1.82, 2.24) is 15.2 Å². The first kappa shape index (κ1) is 14.9. The lowest BCUT2D eigenvalue weighted by molar-refractivity contribution is 0.139. The average Bonchev–Trinajstić information content (AvgIpc) is 2.81. The minimum absolute atomic E-state index is 0.0257. The fourth-order valence-corrected chi connectivity index (χ4v) is 2.82. The fraction of sp³-hybridized carbons (Fsp3) is 0.733. The van der Waals surface area contributed by atoms with Crippen LogP contribution in [0.2, 0.25) is 0 Å². The van der Waals surface area contributed by atoms with Crippen molar-refractivity contribution in [3.63, 3.8) is 0 Å². The maximum absolute atomic E-state index is 12.4. The number of nitrogens with one attached hydrogen (secondary N) is 1. The van der Waals surface area contributed by atoms with Gasteiger partial charge in [0.1, 0.15) is 11.5 Å². The highest BCUT2D eigenvalue weighted by atomic mass is 16.3. The number of piperidine rings is 1. The van der Waals surface area contributed by atoms with E-state index in [1.165, 1.54) is 12.8 Å². The third-order valence-corrected chi connectivity index (χ3v) is 3.88. The van der Waals surface area contributed by atoms with Gasteiger partial charge in [-0.1, -0.05) is 13.8 Å². The summed E-state index contributed by atoms with van der Waals surface area (Å²) in [6.45, 7) is 7.58. The highest BCUT2D eigenvalue weighted by Crippen LogP contribution is 2.22. The van der Waals surface area contributed by atoms with E-state index in [1.54, 1.807) is 0 Å². The van der Waals surface area contributed by atoms with Crippen LogP contribution in [-0.4, -0.2) is 28.5 Å². The number of nitrogens with zero attached hydrogens (tertiary/aromatic N) is 2. The van der Waals surface area contributed by atoms with Crippen LogP contribution in [-0.2, 0) is 6.54 Å². The summed E-state index contributed by atoms with van der Waals surface area (Å²) >= 11 is 0. The van der Waals surface area contributed by atoms with Crippen LogP contribution in [0.5, 0.6) is 0 Å². The molecule has 1 saturated heterocycles. The number of likely N-dealkylation sites (tertiary alicyclic amines) is 1. The van der Waals surface area contributed by atoms with E-state index in [2.05, 4.69) is 24.1 Å². The van der Waals surface area contributed by atoms with Crippen LogP contribution in [0.1, 0.15) is 51.0 Å². The van der Waals surface area contributed by atoms with E-state index in [9.17, 15) is 4.79 Å². The molecule has 1 unspecified atom stereocenters. The third-order valence-electron chi connectivity index (χ3n) is 3.88. The molecule has 0 aromatic carbocycles. The molecule has 0 spiro atoms. The monoisotopic (exact) mass is 279 g/mol. The van der Waals surface area contributed by atoms with Crippen LogP contribution >= 0.6 is 0 Å². The quantitative estimate of drug-likeness (QED) is 0.921. The molecule has 1 aliphatic rings. The predicted molar refractivity (Wildman–Crippen MR) is 77.3 cm³/mol. The van der Waals surface area contributed by atoms with Gasteiger partial charge in [0.15, 0.2) is 6.39 Å². The van der Waals surface area contributed by atoms with Crippen LogP contribution < -0.4 is 5.32 Å². The first-order valence-electron chi connectivity index (χ1n) is 7.51. The van der Waals surface area contributed by atoms with Crippen LogP contribution in [0, 0.1) is 12.8 Å². The minimum atomic E-state index is 0.0257. The van der Waals surface area contributed by atoms with E-state index in [1.807, 2.05) is 11.8 Å². The number of hydrogen-bond donors (Lipinski definition) is 1. The molecular formula is C15H25N3O2. The molecule has 0 radical (unpaired) electrons. The smallest absolute Gasteiger partial charge is 0.317 e. The van der Waals surface area contributed by atoms with Crippen LogP contribution in [0.3, 0.4) is 0 Å². The summed E-state index contributed by atoms with van der Waals surface area (Å²) in [6, 6.07) is 0.403. The largest absolute Gasteiger partial charge is 0.448 e. The fourth-order valence-electron chi connectivity index (χ4n) is 2.82. The first-order chi connectivity index (χ1) is 9.58. The molecule has 1 aromatic heterocycles. The molecule has 2 amide bonds. The van der Waals surface area contributed by atoms with Gasteiger partial charge < -0.3 is 14.6 Å². The second-order valence-electron chi connectivity index (χ2n) is 5.99. The molecule has 5 nitrogen and oxygen atoms in total. The number of aromatic nitrogens is 1. The van der Waals surface area contributed by atoms with Gasteiger partial charge in [0.25, 0.3) is 0 Å². The number of amides is 2. The van der Waals surface area contributed by atoms with Gasteiger partial charge in [0.2, 0.25) is 0 Å². The summed E-state index contributed by atoms with van der Waals surface area (Å²) in [7, 11) is 0. The van der Waals surface area contributed by atoms with Crippen LogP contribution in [0.15, 0.2) is 10.8 Å². The molecule has 0 bridgehead atoms. The number of carbonyl (C=O) groups excluding carboxylic acids is 1. The summed E-state index contributed by atoms with van der Waals surface area (Å²) in [6.07, 6.45) is 5.94. The van der Waals surface area contributed by atoms with Gasteiger partial charge in [0, 0.05) is 12.6 Å². The predicted octanol–water partition coefficient (Wildman–Crippen LogP) is 3.09. The van der Waals surface area contributed by atoms with Crippen molar-refractivity contribution in [1.29, 1.82) is 0 Å². The Kier molecular flexibility index (Phi) is 5.04. The number of rotatable bonds is 4.